The zero-order chi connectivity index (χ0) is 10.6. The lowest BCUT2D eigenvalue weighted by atomic mass is 10.4. The van der Waals surface area contributed by atoms with Crippen LogP contribution in [0.3, 0.4) is 0 Å². The summed E-state index contributed by atoms with van der Waals surface area (Å²) >= 11 is 0. The topological polar surface area (TPSA) is 61.3 Å². The molecule has 0 spiro atoms. The van der Waals surface area contributed by atoms with Crippen LogP contribution in [0.4, 0.5) is 11.6 Å². The second-order valence-corrected chi connectivity index (χ2v) is 3.35. The van der Waals surface area contributed by atoms with Crippen LogP contribution in [0.5, 0.6) is 0 Å². The summed E-state index contributed by atoms with van der Waals surface area (Å²) in [5.74, 6) is 1.46. The van der Waals surface area contributed by atoms with Gasteiger partial charge in [-0.2, -0.15) is 0 Å². The van der Waals surface area contributed by atoms with Gasteiger partial charge in [0.15, 0.2) is 11.6 Å². The summed E-state index contributed by atoms with van der Waals surface area (Å²) in [5.41, 5.74) is 0. The van der Waals surface area contributed by atoms with Crippen LogP contribution in [0.15, 0.2) is 12.4 Å². The number of nitrogens with one attached hydrogen (secondary N) is 1. The Labute approximate surface area is 83.8 Å². The van der Waals surface area contributed by atoms with Gasteiger partial charge in [0.1, 0.15) is 0 Å². The second-order valence-electron chi connectivity index (χ2n) is 3.35. The van der Waals surface area contributed by atoms with Crippen molar-refractivity contribution in [1.29, 1.82) is 0 Å². The van der Waals surface area contributed by atoms with Gasteiger partial charge in [-0.15, -0.1) is 0 Å². The van der Waals surface area contributed by atoms with Crippen LogP contribution in [0.1, 0.15) is 6.92 Å². The Morgan fingerprint density at radius 3 is 2.64 bits per heavy atom. The van der Waals surface area contributed by atoms with Gasteiger partial charge in [-0.3, -0.25) is 0 Å². The van der Waals surface area contributed by atoms with Gasteiger partial charge in [0.25, 0.3) is 0 Å². The fraction of sp³-hybridized carbons (Fsp3) is 0.556. The third-order valence-corrected chi connectivity index (χ3v) is 1.67. The molecule has 0 radical (unpaired) electrons. The van der Waals surface area contributed by atoms with Crippen molar-refractivity contribution in [1.82, 2.24) is 9.97 Å². The van der Waals surface area contributed by atoms with E-state index in [2.05, 4.69) is 15.3 Å². The molecule has 5 nitrogen and oxygen atoms in total. The highest BCUT2D eigenvalue weighted by molar-refractivity contribution is 5.59. The molecule has 0 aliphatic heterocycles. The summed E-state index contributed by atoms with van der Waals surface area (Å²) in [6, 6.07) is 0. The van der Waals surface area contributed by atoms with E-state index in [0.29, 0.717) is 12.4 Å². The van der Waals surface area contributed by atoms with E-state index in [1.807, 2.05) is 19.0 Å². The molecule has 0 unspecified atom stereocenters. The number of aliphatic hydroxyl groups excluding tert-OH is 1. The highest BCUT2D eigenvalue weighted by atomic mass is 16.3. The summed E-state index contributed by atoms with van der Waals surface area (Å²) in [4.78, 5) is 10.2. The van der Waals surface area contributed by atoms with Crippen molar-refractivity contribution in [2.24, 2.45) is 0 Å². The van der Waals surface area contributed by atoms with Gasteiger partial charge in [0, 0.05) is 33.0 Å². The maximum absolute atomic E-state index is 9.12. The van der Waals surface area contributed by atoms with Crippen LogP contribution in [0.2, 0.25) is 0 Å². The lowest BCUT2D eigenvalue weighted by molar-refractivity contribution is 0.208. The largest absolute Gasteiger partial charge is 0.392 e. The summed E-state index contributed by atoms with van der Waals surface area (Å²) < 4.78 is 0. The molecule has 2 N–H and O–H groups in total. The van der Waals surface area contributed by atoms with Crippen molar-refractivity contribution in [2.45, 2.75) is 13.0 Å². The van der Waals surface area contributed by atoms with E-state index in [1.165, 1.54) is 0 Å². The van der Waals surface area contributed by atoms with Crippen molar-refractivity contribution in [3.05, 3.63) is 12.4 Å². The average Bonchev–Trinajstić information content (AvgIpc) is 2.15. The van der Waals surface area contributed by atoms with Crippen molar-refractivity contribution >= 4 is 11.6 Å². The van der Waals surface area contributed by atoms with Crippen LogP contribution in [0.25, 0.3) is 0 Å². The Kier molecular flexibility index (Phi) is 3.64. The van der Waals surface area contributed by atoms with Crippen molar-refractivity contribution in [3.63, 3.8) is 0 Å². The number of rotatable bonds is 4. The molecule has 0 aromatic carbocycles. The lowest BCUT2D eigenvalue weighted by Crippen LogP contribution is -2.19. The van der Waals surface area contributed by atoms with E-state index in [9.17, 15) is 0 Å². The quantitative estimate of drug-likeness (QED) is 0.727. The fourth-order valence-electron chi connectivity index (χ4n) is 1.03. The van der Waals surface area contributed by atoms with Gasteiger partial charge < -0.3 is 15.3 Å². The SMILES string of the molecule is C[C@@H](O)CNc1nccnc1N(C)C. The third-order valence-electron chi connectivity index (χ3n) is 1.67. The van der Waals surface area contributed by atoms with Crippen molar-refractivity contribution in [3.8, 4) is 0 Å². The molecule has 5 heteroatoms. The minimum absolute atomic E-state index is 0.396. The molecule has 14 heavy (non-hydrogen) atoms. The molecular weight excluding hydrogens is 180 g/mol. The first kappa shape index (κ1) is 10.7. The van der Waals surface area contributed by atoms with E-state index >= 15 is 0 Å². The van der Waals surface area contributed by atoms with E-state index in [1.54, 1.807) is 19.3 Å². The number of hydrogen-bond donors (Lipinski definition) is 2. The summed E-state index contributed by atoms with van der Waals surface area (Å²) in [6.07, 6.45) is 2.87. The molecule has 0 saturated heterocycles. The Bertz CT molecular complexity index is 288. The molecule has 1 heterocycles. The normalized spacial score (nSPS) is 12.3. The van der Waals surface area contributed by atoms with Gasteiger partial charge in [0.05, 0.1) is 6.10 Å². The molecule has 0 saturated carbocycles. The fourth-order valence-corrected chi connectivity index (χ4v) is 1.03. The summed E-state index contributed by atoms with van der Waals surface area (Å²) in [6.45, 7) is 2.19. The molecule has 0 bridgehead atoms. The molecule has 1 atom stereocenters. The first-order valence-electron chi connectivity index (χ1n) is 4.51. The lowest BCUT2D eigenvalue weighted by Gasteiger charge is -2.16. The molecule has 78 valence electrons. The van der Waals surface area contributed by atoms with Crippen molar-refractivity contribution in [2.75, 3.05) is 30.9 Å². The molecule has 1 aromatic heterocycles. The maximum atomic E-state index is 9.12. The monoisotopic (exact) mass is 196 g/mol. The number of aliphatic hydroxyl groups is 1. The average molecular weight is 196 g/mol. The number of hydrogen-bond acceptors (Lipinski definition) is 5. The van der Waals surface area contributed by atoms with E-state index in [-0.39, 0.29) is 0 Å². The minimum Gasteiger partial charge on any atom is -0.392 e. The van der Waals surface area contributed by atoms with Gasteiger partial charge in [0.2, 0.25) is 0 Å². The van der Waals surface area contributed by atoms with E-state index in [4.69, 9.17) is 5.11 Å². The molecule has 0 aliphatic rings. The zero-order valence-corrected chi connectivity index (χ0v) is 8.73. The number of aromatic nitrogens is 2. The van der Waals surface area contributed by atoms with Crippen molar-refractivity contribution < 1.29 is 5.11 Å². The molecule has 1 aromatic rings. The molecule has 0 aliphatic carbocycles. The predicted octanol–water partition coefficient (Wildman–Crippen LogP) is 0.335. The van der Waals surface area contributed by atoms with Crippen LogP contribution >= 0.6 is 0 Å². The number of nitrogens with zero attached hydrogens (tertiary/aromatic N) is 3. The summed E-state index contributed by atoms with van der Waals surface area (Å²) in [5, 5.41) is 12.1. The Balaban J connectivity index is 2.74. The smallest absolute Gasteiger partial charge is 0.171 e. The summed E-state index contributed by atoms with van der Waals surface area (Å²) in [7, 11) is 3.80. The Hall–Kier alpha value is -1.36. The maximum Gasteiger partial charge on any atom is 0.171 e. The van der Waals surface area contributed by atoms with E-state index < -0.39 is 6.10 Å². The standard InChI is InChI=1S/C9H16N4O/c1-7(14)6-12-8-9(13(2)3)11-5-4-10-8/h4-5,7,14H,6H2,1-3H3,(H,10,12)/t7-/m1/s1. The number of anilines is 2. The Morgan fingerprint density at radius 2 is 2.07 bits per heavy atom. The van der Waals surface area contributed by atoms with Gasteiger partial charge in [-0.1, -0.05) is 0 Å². The minimum atomic E-state index is -0.396. The van der Waals surface area contributed by atoms with Gasteiger partial charge >= 0.3 is 0 Å². The van der Waals surface area contributed by atoms with Crippen LogP contribution in [0, 0.1) is 0 Å². The highest BCUT2D eigenvalue weighted by Gasteiger charge is 2.06. The van der Waals surface area contributed by atoms with Gasteiger partial charge in [-0.25, -0.2) is 9.97 Å². The Morgan fingerprint density at radius 1 is 1.43 bits per heavy atom. The molecule has 0 fully saturated rings. The zero-order valence-electron chi connectivity index (χ0n) is 8.73. The third kappa shape index (κ3) is 2.85. The second kappa shape index (κ2) is 4.76. The predicted molar refractivity (Wildman–Crippen MR) is 56.5 cm³/mol. The van der Waals surface area contributed by atoms with Crippen LogP contribution < -0.4 is 10.2 Å². The van der Waals surface area contributed by atoms with Crippen LogP contribution in [-0.2, 0) is 0 Å². The molecule has 0 amide bonds. The molecular formula is C9H16N4O. The highest BCUT2D eigenvalue weighted by Crippen LogP contribution is 2.16. The molecule has 1 rings (SSSR count). The first-order chi connectivity index (χ1) is 6.61. The van der Waals surface area contributed by atoms with Crippen LogP contribution in [-0.4, -0.2) is 41.8 Å². The van der Waals surface area contributed by atoms with Gasteiger partial charge in [-0.05, 0) is 6.92 Å². The van der Waals surface area contributed by atoms with E-state index in [0.717, 1.165) is 5.82 Å². The first-order valence-corrected chi connectivity index (χ1v) is 4.51.